The van der Waals surface area contributed by atoms with Crippen molar-refractivity contribution in [3.05, 3.63) is 12.1 Å². The Kier molecular flexibility index (Phi) is 3.19. The van der Waals surface area contributed by atoms with Crippen LogP contribution in [0.25, 0.3) is 11.0 Å². The Hall–Kier alpha value is -1.43. The van der Waals surface area contributed by atoms with Crippen molar-refractivity contribution in [1.29, 1.82) is 0 Å². The number of aromatic nitrogens is 2. The van der Waals surface area contributed by atoms with Crippen LogP contribution in [0.1, 0.15) is 6.92 Å². The van der Waals surface area contributed by atoms with Gasteiger partial charge in [-0.1, -0.05) is 0 Å². The maximum absolute atomic E-state index is 5.76. The van der Waals surface area contributed by atoms with E-state index in [2.05, 4.69) is 28.8 Å². The molecule has 86 valence electrons. The minimum absolute atomic E-state index is 0.360. The number of rotatable bonds is 4. The summed E-state index contributed by atoms with van der Waals surface area (Å²) in [5.41, 5.74) is 8.56. The Balaban J connectivity index is 2.31. The molecule has 0 amide bonds. The molecule has 0 aliphatic heterocycles. The van der Waals surface area contributed by atoms with Gasteiger partial charge in [0.25, 0.3) is 0 Å². The Morgan fingerprint density at radius 2 is 2.19 bits per heavy atom. The summed E-state index contributed by atoms with van der Waals surface area (Å²) in [6.07, 6.45) is 2.08. The molecule has 2 aromatic rings. The first-order valence-corrected chi connectivity index (χ1v) is 6.38. The standard InChI is InChI=1S/C10H14N4OS/c1-6(5-16-2)12-8-4-3-7(11)9-10(8)14-15-13-9/h3-4,6,12H,5,11H2,1-2H3. The van der Waals surface area contributed by atoms with Crippen molar-refractivity contribution in [2.24, 2.45) is 0 Å². The highest BCUT2D eigenvalue weighted by Gasteiger charge is 2.11. The summed E-state index contributed by atoms with van der Waals surface area (Å²) < 4.78 is 4.70. The second kappa shape index (κ2) is 4.61. The molecular formula is C10H14N4OS. The number of nitrogens with zero attached hydrogens (tertiary/aromatic N) is 2. The van der Waals surface area contributed by atoms with Crippen LogP contribution in [-0.4, -0.2) is 28.4 Å². The molecule has 16 heavy (non-hydrogen) atoms. The lowest BCUT2D eigenvalue weighted by atomic mass is 10.2. The molecule has 0 aliphatic rings. The van der Waals surface area contributed by atoms with E-state index in [-0.39, 0.29) is 0 Å². The molecule has 3 N–H and O–H groups in total. The number of nitrogens with one attached hydrogen (secondary N) is 1. The van der Waals surface area contributed by atoms with Gasteiger partial charge in [-0.25, -0.2) is 4.63 Å². The molecule has 0 radical (unpaired) electrons. The number of hydrogen-bond acceptors (Lipinski definition) is 6. The lowest BCUT2D eigenvalue weighted by molar-refractivity contribution is 0.315. The van der Waals surface area contributed by atoms with Crippen LogP contribution in [0.5, 0.6) is 0 Å². The Labute approximate surface area is 97.7 Å². The van der Waals surface area contributed by atoms with Crippen molar-refractivity contribution < 1.29 is 4.63 Å². The molecular weight excluding hydrogens is 224 g/mol. The molecule has 5 nitrogen and oxygen atoms in total. The van der Waals surface area contributed by atoms with E-state index in [0.29, 0.717) is 22.8 Å². The zero-order valence-corrected chi connectivity index (χ0v) is 10.0. The van der Waals surface area contributed by atoms with E-state index in [4.69, 9.17) is 10.4 Å². The van der Waals surface area contributed by atoms with Crippen molar-refractivity contribution >= 4 is 34.2 Å². The molecule has 0 saturated carbocycles. The van der Waals surface area contributed by atoms with Crippen LogP contribution in [0.4, 0.5) is 11.4 Å². The van der Waals surface area contributed by atoms with E-state index >= 15 is 0 Å². The molecule has 1 atom stereocenters. The average molecular weight is 238 g/mol. The number of nitrogens with two attached hydrogens (primary N) is 1. The first kappa shape index (κ1) is 11.1. The van der Waals surface area contributed by atoms with Gasteiger partial charge in [0.15, 0.2) is 11.0 Å². The number of anilines is 2. The molecule has 0 bridgehead atoms. The largest absolute Gasteiger partial charge is 0.397 e. The van der Waals surface area contributed by atoms with Gasteiger partial charge in [0.2, 0.25) is 0 Å². The predicted octanol–water partition coefficient (Wildman–Crippen LogP) is 1.97. The summed E-state index contributed by atoms with van der Waals surface area (Å²) in [5, 5.41) is 11.0. The molecule has 0 fully saturated rings. The van der Waals surface area contributed by atoms with Crippen molar-refractivity contribution in [3.63, 3.8) is 0 Å². The number of hydrogen-bond donors (Lipinski definition) is 2. The average Bonchev–Trinajstić information content (AvgIpc) is 2.72. The second-order valence-electron chi connectivity index (χ2n) is 3.66. The summed E-state index contributed by atoms with van der Waals surface area (Å²) in [7, 11) is 0. The van der Waals surface area contributed by atoms with Crippen molar-refractivity contribution in [1.82, 2.24) is 10.3 Å². The van der Waals surface area contributed by atoms with E-state index in [9.17, 15) is 0 Å². The number of benzene rings is 1. The topological polar surface area (TPSA) is 77.0 Å². The fourth-order valence-electron chi connectivity index (χ4n) is 1.56. The normalized spacial score (nSPS) is 12.9. The van der Waals surface area contributed by atoms with Crippen LogP contribution in [0.3, 0.4) is 0 Å². The zero-order chi connectivity index (χ0) is 11.5. The smallest absolute Gasteiger partial charge is 0.160 e. The Morgan fingerprint density at radius 3 is 2.94 bits per heavy atom. The molecule has 6 heteroatoms. The summed E-state index contributed by atoms with van der Waals surface area (Å²) in [6.45, 7) is 2.12. The molecule has 2 rings (SSSR count). The highest BCUT2D eigenvalue weighted by Crippen LogP contribution is 2.25. The lowest BCUT2D eigenvalue weighted by Crippen LogP contribution is -2.17. The number of thioether (sulfide) groups is 1. The predicted molar refractivity (Wildman–Crippen MR) is 67.7 cm³/mol. The second-order valence-corrected chi connectivity index (χ2v) is 4.58. The third kappa shape index (κ3) is 2.06. The van der Waals surface area contributed by atoms with Crippen LogP contribution < -0.4 is 11.1 Å². The van der Waals surface area contributed by atoms with Gasteiger partial charge >= 0.3 is 0 Å². The van der Waals surface area contributed by atoms with Gasteiger partial charge in [-0.2, -0.15) is 11.8 Å². The van der Waals surface area contributed by atoms with Crippen molar-refractivity contribution in [3.8, 4) is 0 Å². The van der Waals surface area contributed by atoms with Crippen LogP contribution in [-0.2, 0) is 0 Å². The summed E-state index contributed by atoms with van der Waals surface area (Å²) in [4.78, 5) is 0. The fraction of sp³-hybridized carbons (Fsp3) is 0.400. The molecule has 1 heterocycles. The van der Waals surface area contributed by atoms with Gasteiger partial charge in [0.05, 0.1) is 11.4 Å². The van der Waals surface area contributed by atoms with Gasteiger partial charge in [0, 0.05) is 11.8 Å². The highest BCUT2D eigenvalue weighted by atomic mass is 32.2. The van der Waals surface area contributed by atoms with Crippen LogP contribution in [0.15, 0.2) is 16.8 Å². The van der Waals surface area contributed by atoms with E-state index in [1.165, 1.54) is 0 Å². The summed E-state index contributed by atoms with van der Waals surface area (Å²) in [6, 6.07) is 4.07. The van der Waals surface area contributed by atoms with Crippen LogP contribution >= 0.6 is 11.8 Å². The van der Waals surface area contributed by atoms with Crippen LogP contribution in [0.2, 0.25) is 0 Å². The van der Waals surface area contributed by atoms with Gasteiger partial charge in [0.1, 0.15) is 0 Å². The summed E-state index contributed by atoms with van der Waals surface area (Å²) in [5.74, 6) is 1.02. The van der Waals surface area contributed by atoms with Crippen LogP contribution in [0, 0.1) is 0 Å². The molecule has 0 saturated heterocycles. The van der Waals surface area contributed by atoms with E-state index in [0.717, 1.165) is 11.4 Å². The van der Waals surface area contributed by atoms with Gasteiger partial charge < -0.3 is 11.1 Å². The molecule has 1 aromatic heterocycles. The van der Waals surface area contributed by atoms with Gasteiger partial charge in [-0.15, -0.1) is 0 Å². The third-order valence-corrected chi connectivity index (χ3v) is 3.10. The molecule has 1 aromatic carbocycles. The third-order valence-electron chi connectivity index (χ3n) is 2.27. The van der Waals surface area contributed by atoms with Crippen molar-refractivity contribution in [2.45, 2.75) is 13.0 Å². The van der Waals surface area contributed by atoms with Crippen molar-refractivity contribution in [2.75, 3.05) is 23.1 Å². The zero-order valence-electron chi connectivity index (χ0n) is 9.23. The number of nitrogen functional groups attached to an aromatic ring is 1. The first-order valence-electron chi connectivity index (χ1n) is 4.98. The molecule has 0 spiro atoms. The minimum Gasteiger partial charge on any atom is -0.397 e. The molecule has 1 unspecified atom stereocenters. The van der Waals surface area contributed by atoms with E-state index in [1.54, 1.807) is 17.8 Å². The Morgan fingerprint density at radius 1 is 1.44 bits per heavy atom. The first-order chi connectivity index (χ1) is 7.72. The fourth-order valence-corrected chi connectivity index (χ4v) is 2.14. The van der Waals surface area contributed by atoms with Gasteiger partial charge in [-0.3, -0.25) is 0 Å². The van der Waals surface area contributed by atoms with Gasteiger partial charge in [-0.05, 0) is 35.6 Å². The maximum Gasteiger partial charge on any atom is 0.160 e. The molecule has 0 aliphatic carbocycles. The maximum atomic E-state index is 5.76. The number of fused-ring (bicyclic) bond motifs is 1. The lowest BCUT2D eigenvalue weighted by Gasteiger charge is -2.13. The quantitative estimate of drug-likeness (QED) is 0.793. The van der Waals surface area contributed by atoms with E-state index < -0.39 is 0 Å². The van der Waals surface area contributed by atoms with E-state index in [1.807, 2.05) is 6.07 Å². The summed E-state index contributed by atoms with van der Waals surface area (Å²) >= 11 is 1.79. The Bertz CT molecular complexity index is 485. The highest BCUT2D eigenvalue weighted by molar-refractivity contribution is 7.98. The SMILES string of the molecule is CSCC(C)Nc1ccc(N)c2nonc12. The minimum atomic E-state index is 0.360. The monoisotopic (exact) mass is 238 g/mol.